The van der Waals surface area contributed by atoms with Crippen LogP contribution in [0.4, 0.5) is 0 Å². The molecule has 1 amide bonds. The number of rotatable bonds is 6. The summed E-state index contributed by atoms with van der Waals surface area (Å²) < 4.78 is 5.74. The first-order valence-electron chi connectivity index (χ1n) is 8.50. The van der Waals surface area contributed by atoms with Crippen LogP contribution in [0.5, 0.6) is 0 Å². The Morgan fingerprint density at radius 1 is 1.21 bits per heavy atom. The van der Waals surface area contributed by atoms with E-state index in [0.29, 0.717) is 13.2 Å². The second kappa shape index (κ2) is 8.08. The molecule has 1 saturated heterocycles. The van der Waals surface area contributed by atoms with Crippen LogP contribution in [0.2, 0.25) is 0 Å². The Hall–Kier alpha value is -2.17. The Kier molecular flexibility index (Phi) is 5.62. The first-order chi connectivity index (χ1) is 11.7. The largest absolute Gasteiger partial charge is 0.375 e. The molecule has 4 nitrogen and oxygen atoms in total. The van der Waals surface area contributed by atoms with Crippen molar-refractivity contribution < 1.29 is 9.53 Å². The molecule has 4 heteroatoms. The number of aryl methyl sites for hydroxylation is 1. The molecule has 1 fully saturated rings. The fourth-order valence-electron chi connectivity index (χ4n) is 2.93. The van der Waals surface area contributed by atoms with Crippen LogP contribution < -0.4 is 10.6 Å². The molecule has 1 heterocycles. The summed E-state index contributed by atoms with van der Waals surface area (Å²) in [4.78, 5) is 12.5. The Bertz CT molecular complexity index is 679. The van der Waals surface area contributed by atoms with Gasteiger partial charge in [-0.25, -0.2) is 0 Å². The van der Waals surface area contributed by atoms with E-state index in [0.717, 1.165) is 41.8 Å². The van der Waals surface area contributed by atoms with Crippen molar-refractivity contribution in [1.29, 1.82) is 0 Å². The van der Waals surface area contributed by atoms with Gasteiger partial charge in [0.05, 0.1) is 12.7 Å². The van der Waals surface area contributed by atoms with Gasteiger partial charge in [0.2, 0.25) is 0 Å². The third-order valence-corrected chi connectivity index (χ3v) is 4.35. The molecule has 2 aromatic carbocycles. The monoisotopic (exact) mass is 324 g/mol. The number of hydrogen-bond acceptors (Lipinski definition) is 3. The van der Waals surface area contributed by atoms with Crippen molar-refractivity contribution in [3.8, 4) is 11.1 Å². The molecule has 2 N–H and O–H groups in total. The van der Waals surface area contributed by atoms with Gasteiger partial charge in [0.15, 0.2) is 0 Å². The fraction of sp³-hybridized carbons (Fsp3) is 0.350. The molecule has 0 saturated carbocycles. The van der Waals surface area contributed by atoms with Crippen LogP contribution in [0.25, 0.3) is 11.1 Å². The van der Waals surface area contributed by atoms with E-state index in [4.69, 9.17) is 4.74 Å². The molecule has 0 bridgehead atoms. The summed E-state index contributed by atoms with van der Waals surface area (Å²) >= 11 is 0. The van der Waals surface area contributed by atoms with E-state index < -0.39 is 0 Å². The lowest BCUT2D eigenvalue weighted by atomic mass is 9.99. The fourth-order valence-corrected chi connectivity index (χ4v) is 2.93. The zero-order chi connectivity index (χ0) is 16.8. The van der Waals surface area contributed by atoms with Crippen molar-refractivity contribution in [2.24, 2.45) is 0 Å². The average molecular weight is 324 g/mol. The molecule has 0 spiro atoms. The zero-order valence-electron chi connectivity index (χ0n) is 14.0. The topological polar surface area (TPSA) is 50.4 Å². The zero-order valence-corrected chi connectivity index (χ0v) is 14.0. The average Bonchev–Trinajstić information content (AvgIpc) is 3.13. The molecule has 24 heavy (non-hydrogen) atoms. The summed E-state index contributed by atoms with van der Waals surface area (Å²) in [6.07, 6.45) is 1.33. The molecule has 3 rings (SSSR count). The summed E-state index contributed by atoms with van der Waals surface area (Å²) in [5, 5.41) is 6.22. The Labute approximate surface area is 143 Å². The summed E-state index contributed by atoms with van der Waals surface area (Å²) in [5.41, 5.74) is 3.87. The maximum absolute atomic E-state index is 12.5. The van der Waals surface area contributed by atoms with Gasteiger partial charge in [0, 0.05) is 18.7 Å². The van der Waals surface area contributed by atoms with E-state index >= 15 is 0 Å². The lowest BCUT2D eigenvalue weighted by molar-refractivity contribution is 0.0657. The third kappa shape index (κ3) is 4.22. The highest BCUT2D eigenvalue weighted by Gasteiger charge is 2.15. The standard InChI is InChI=1S/C20H24N2O2/c1-15-7-8-17(16-5-3-2-4-6-16)13-19(15)20(23)22-11-12-24-18-9-10-21-14-18/h2-8,13,18,21H,9-12,14H2,1H3,(H,22,23). The molecule has 0 radical (unpaired) electrons. The van der Waals surface area contributed by atoms with Crippen molar-refractivity contribution in [1.82, 2.24) is 10.6 Å². The van der Waals surface area contributed by atoms with Crippen LogP contribution in [0.3, 0.4) is 0 Å². The van der Waals surface area contributed by atoms with E-state index in [2.05, 4.69) is 28.8 Å². The summed E-state index contributed by atoms with van der Waals surface area (Å²) in [7, 11) is 0. The first kappa shape index (κ1) is 16.7. The van der Waals surface area contributed by atoms with Crippen LogP contribution in [0.1, 0.15) is 22.3 Å². The molecule has 2 aromatic rings. The van der Waals surface area contributed by atoms with Crippen molar-refractivity contribution in [2.45, 2.75) is 19.4 Å². The number of carbonyl (C=O) groups excluding carboxylic acids is 1. The maximum Gasteiger partial charge on any atom is 0.251 e. The van der Waals surface area contributed by atoms with Crippen LogP contribution in [-0.2, 0) is 4.74 Å². The first-order valence-corrected chi connectivity index (χ1v) is 8.50. The molecular weight excluding hydrogens is 300 g/mol. The Morgan fingerprint density at radius 3 is 2.79 bits per heavy atom. The number of carbonyl (C=O) groups is 1. The van der Waals surface area contributed by atoms with E-state index in [1.807, 2.05) is 37.3 Å². The van der Waals surface area contributed by atoms with Crippen molar-refractivity contribution in [2.75, 3.05) is 26.2 Å². The molecule has 1 unspecified atom stereocenters. The highest BCUT2D eigenvalue weighted by atomic mass is 16.5. The van der Waals surface area contributed by atoms with E-state index in [1.54, 1.807) is 0 Å². The number of hydrogen-bond donors (Lipinski definition) is 2. The molecule has 1 atom stereocenters. The van der Waals surface area contributed by atoms with Gasteiger partial charge in [-0.05, 0) is 42.6 Å². The number of ether oxygens (including phenoxy) is 1. The van der Waals surface area contributed by atoms with Crippen molar-refractivity contribution in [3.05, 3.63) is 59.7 Å². The van der Waals surface area contributed by atoms with E-state index in [9.17, 15) is 4.79 Å². The highest BCUT2D eigenvalue weighted by molar-refractivity contribution is 5.96. The van der Waals surface area contributed by atoms with Crippen LogP contribution in [0.15, 0.2) is 48.5 Å². The van der Waals surface area contributed by atoms with Gasteiger partial charge < -0.3 is 15.4 Å². The second-order valence-electron chi connectivity index (χ2n) is 6.14. The lowest BCUT2D eigenvalue weighted by Crippen LogP contribution is -2.29. The number of benzene rings is 2. The Morgan fingerprint density at radius 2 is 2.04 bits per heavy atom. The summed E-state index contributed by atoms with van der Waals surface area (Å²) in [6, 6.07) is 16.1. The van der Waals surface area contributed by atoms with Gasteiger partial charge in [-0.2, -0.15) is 0 Å². The molecule has 0 aromatic heterocycles. The summed E-state index contributed by atoms with van der Waals surface area (Å²) in [6.45, 7) is 4.97. The molecular formula is C20H24N2O2. The minimum Gasteiger partial charge on any atom is -0.375 e. The molecule has 0 aliphatic carbocycles. The van der Waals surface area contributed by atoms with E-state index in [1.165, 1.54) is 0 Å². The van der Waals surface area contributed by atoms with Crippen LogP contribution in [0, 0.1) is 6.92 Å². The van der Waals surface area contributed by atoms with Crippen molar-refractivity contribution in [3.63, 3.8) is 0 Å². The minimum atomic E-state index is -0.0431. The predicted octanol–water partition coefficient (Wildman–Crippen LogP) is 2.77. The molecule has 1 aliphatic rings. The van der Waals surface area contributed by atoms with Gasteiger partial charge in [0.25, 0.3) is 5.91 Å². The minimum absolute atomic E-state index is 0.0431. The van der Waals surface area contributed by atoms with Gasteiger partial charge >= 0.3 is 0 Å². The maximum atomic E-state index is 12.5. The number of nitrogens with one attached hydrogen (secondary N) is 2. The highest BCUT2D eigenvalue weighted by Crippen LogP contribution is 2.22. The second-order valence-corrected chi connectivity index (χ2v) is 6.14. The molecule has 1 aliphatic heterocycles. The van der Waals surface area contributed by atoms with Gasteiger partial charge in [-0.1, -0.05) is 42.5 Å². The van der Waals surface area contributed by atoms with Gasteiger partial charge in [-0.3, -0.25) is 4.79 Å². The Balaban J connectivity index is 1.59. The predicted molar refractivity (Wildman–Crippen MR) is 96.2 cm³/mol. The lowest BCUT2D eigenvalue weighted by Gasteiger charge is -2.12. The smallest absolute Gasteiger partial charge is 0.251 e. The number of amides is 1. The normalized spacial score (nSPS) is 17.0. The van der Waals surface area contributed by atoms with Crippen molar-refractivity contribution >= 4 is 5.91 Å². The third-order valence-electron chi connectivity index (χ3n) is 4.35. The van der Waals surface area contributed by atoms with Crippen LogP contribution in [-0.4, -0.2) is 38.3 Å². The summed E-state index contributed by atoms with van der Waals surface area (Å²) in [5.74, 6) is -0.0431. The molecule has 126 valence electrons. The van der Waals surface area contributed by atoms with Gasteiger partial charge in [-0.15, -0.1) is 0 Å². The van der Waals surface area contributed by atoms with E-state index in [-0.39, 0.29) is 12.0 Å². The SMILES string of the molecule is Cc1ccc(-c2ccccc2)cc1C(=O)NCCOC1CCNC1. The van der Waals surface area contributed by atoms with Crippen LogP contribution >= 0.6 is 0 Å². The quantitative estimate of drug-likeness (QED) is 0.803. The van der Waals surface area contributed by atoms with Gasteiger partial charge in [0.1, 0.15) is 0 Å².